The van der Waals surface area contributed by atoms with Crippen LogP contribution in [0.3, 0.4) is 0 Å². The van der Waals surface area contributed by atoms with E-state index in [0.29, 0.717) is 52.1 Å². The van der Waals surface area contributed by atoms with Gasteiger partial charge in [0.2, 0.25) is 0 Å². The number of nitrogens with one attached hydrogen (secondary N) is 3. The number of nitrogens with two attached hydrogens (primary N) is 2. The minimum absolute atomic E-state index is 0. The first kappa shape index (κ1) is 68.2. The second-order valence-electron chi connectivity index (χ2n) is 15.2. The van der Waals surface area contributed by atoms with Crippen LogP contribution in [-0.2, 0) is 18.5 Å². The van der Waals surface area contributed by atoms with Gasteiger partial charge in [0.25, 0.3) is 0 Å². The Labute approximate surface area is 486 Å². The first-order valence-corrected chi connectivity index (χ1v) is 25.3. The maximum atomic E-state index is 12.4. The summed E-state index contributed by atoms with van der Waals surface area (Å²) in [5.41, 5.74) is 12.9. The number of hydrogen-bond donors (Lipinski definition) is 7. The topological polar surface area (TPSA) is 227 Å². The number of benzene rings is 4. The summed E-state index contributed by atoms with van der Waals surface area (Å²) >= 11 is 10.6. The van der Waals surface area contributed by atoms with Crippen LogP contribution in [0.1, 0.15) is 85.1 Å². The predicted octanol–water partition coefficient (Wildman–Crippen LogP) is 15.3. The van der Waals surface area contributed by atoms with Crippen molar-refractivity contribution in [1.29, 1.82) is 0 Å². The van der Waals surface area contributed by atoms with Crippen molar-refractivity contribution in [3.05, 3.63) is 168 Å². The van der Waals surface area contributed by atoms with Crippen LogP contribution in [0.5, 0.6) is 0 Å². The summed E-state index contributed by atoms with van der Waals surface area (Å²) in [5.74, 6) is -0.0858. The number of aromatic nitrogens is 4. The minimum atomic E-state index is -4.35. The molecule has 416 valence electrons. The number of Topliss-reactive ketones (excluding diaryl/α,β-unsaturated/α-hetero) is 2. The van der Waals surface area contributed by atoms with Crippen molar-refractivity contribution in [2.24, 2.45) is 10.9 Å². The van der Waals surface area contributed by atoms with Gasteiger partial charge in [0.05, 0.1) is 49.4 Å². The fraction of sp³-hybridized carbons (Fsp3) is 0.204. The first-order valence-electron chi connectivity index (χ1n) is 21.7. The number of aliphatic hydroxyl groups excluding tert-OH is 1. The van der Waals surface area contributed by atoms with Gasteiger partial charge >= 0.3 is 18.5 Å². The van der Waals surface area contributed by atoms with Crippen molar-refractivity contribution in [2.45, 2.75) is 59.2 Å². The van der Waals surface area contributed by atoms with E-state index in [-0.39, 0.29) is 48.7 Å². The van der Waals surface area contributed by atoms with Crippen molar-refractivity contribution < 1.29 is 90.5 Å². The molecule has 4 aromatic heterocycles. The number of carbonyl (C=O) groups excluding carboxylic acids is 2. The fourth-order valence-electron chi connectivity index (χ4n) is 5.18. The van der Waals surface area contributed by atoms with Crippen molar-refractivity contribution >= 4 is 112 Å². The number of alkyl halides is 9. The van der Waals surface area contributed by atoms with Crippen LogP contribution in [0.15, 0.2) is 127 Å². The Morgan fingerprint density at radius 3 is 1.22 bits per heavy atom. The Kier molecular flexibility index (Phi) is 28.1. The van der Waals surface area contributed by atoms with Crippen molar-refractivity contribution in [1.82, 2.24) is 19.9 Å². The van der Waals surface area contributed by atoms with Gasteiger partial charge in [-0.3, -0.25) is 9.59 Å². The summed E-state index contributed by atoms with van der Waals surface area (Å²) in [4.78, 5) is 40.5. The first-order chi connectivity index (χ1) is 36.1. The average molecular weight is 1410 g/mol. The number of hydrogen-bond acceptors (Lipinski definition) is 18. The van der Waals surface area contributed by atoms with Gasteiger partial charge in [-0.1, -0.05) is 68.5 Å². The summed E-state index contributed by atoms with van der Waals surface area (Å²) in [6.45, 7) is 8.57. The van der Waals surface area contributed by atoms with E-state index >= 15 is 0 Å². The number of aliphatic hydroxyl groups is 1. The van der Waals surface area contributed by atoms with E-state index in [2.05, 4.69) is 60.1 Å². The average Bonchev–Trinajstić information content (AvgIpc) is 4.23. The molecule has 29 heteroatoms. The molecule has 0 amide bonds. The second-order valence-corrected chi connectivity index (χ2v) is 19.9. The molecule has 0 aliphatic heterocycles. The summed E-state index contributed by atoms with van der Waals surface area (Å²) < 4.78 is 110. The number of ketones is 2. The van der Waals surface area contributed by atoms with Crippen molar-refractivity contribution in [2.75, 3.05) is 28.8 Å². The standard InChI is InChI=1S/C12H10F3N3OS.C12H9F3N2OS.C12H15N3S.C7H6F3N.C5H4ClNOS.CH4O.U/c1-7(18-19)10-6-16-11(20-10)17-9-4-2-8(3-5-9)12(13,14)15;1-7(18)10-6-16-11(19-10)17-9-4-2-8(3-5-9)12(13,14)15;1-8-3-5-10(6-4-8)15-12-14-7-11(16-12)9(2)13;8-7(9,10)5-1-3-6(11)4-2-5;1-3(8)4-2-7-5(6)9-4;1-2;/h2-6,19H,1H3,(H,16,17);2-6H,1H3,(H,16,17);3-7,9H,13H2,1-2H3,(H,14,15);1-4H,11H2;2H,1H3;2H,1H3;. The molecule has 78 heavy (non-hydrogen) atoms. The van der Waals surface area contributed by atoms with Gasteiger partial charge in [-0.2, -0.15) is 39.5 Å². The van der Waals surface area contributed by atoms with Gasteiger partial charge in [0, 0.05) is 98.1 Å². The maximum Gasteiger partial charge on any atom is 0.416 e. The van der Waals surface area contributed by atoms with Crippen LogP contribution in [-0.4, -0.2) is 54.6 Å². The number of thiazole rings is 4. The van der Waals surface area contributed by atoms with Crippen LogP contribution in [0.25, 0.3) is 0 Å². The number of nitrogens with zero attached hydrogens (tertiary/aromatic N) is 5. The van der Waals surface area contributed by atoms with Gasteiger partial charge in [-0.15, -0.1) is 11.3 Å². The molecule has 1 atom stereocenters. The number of anilines is 7. The molecule has 4 heterocycles. The Hall–Kier alpha value is -5.96. The molecule has 0 fully saturated rings. The van der Waals surface area contributed by atoms with Crippen LogP contribution in [0, 0.1) is 38.0 Å². The van der Waals surface area contributed by atoms with E-state index in [9.17, 15) is 49.1 Å². The van der Waals surface area contributed by atoms with Crippen LogP contribution in [0.2, 0.25) is 4.47 Å². The molecule has 8 rings (SSSR count). The molecule has 8 aromatic rings. The molecule has 0 saturated heterocycles. The third-order valence-corrected chi connectivity index (χ3v) is 13.5. The molecule has 0 saturated carbocycles. The van der Waals surface area contributed by atoms with Gasteiger partial charge in [-0.05, 0) is 106 Å². The molecule has 0 bridgehead atoms. The number of aryl methyl sites for hydroxylation is 1. The van der Waals surface area contributed by atoms with E-state index in [1.807, 2.05) is 25.3 Å². The van der Waals surface area contributed by atoms with Gasteiger partial charge in [-0.25, -0.2) is 19.9 Å². The van der Waals surface area contributed by atoms with E-state index in [0.717, 1.165) is 70.5 Å². The second kappa shape index (κ2) is 32.2. The smallest absolute Gasteiger partial charge is 0.411 e. The molecule has 14 nitrogen and oxygen atoms in total. The molecule has 1 unspecified atom stereocenters. The van der Waals surface area contributed by atoms with Gasteiger partial charge in [0.15, 0.2) is 31.4 Å². The van der Waals surface area contributed by atoms with E-state index in [1.54, 1.807) is 18.3 Å². The Balaban J connectivity index is 0.000000338. The summed E-state index contributed by atoms with van der Waals surface area (Å²) in [6.07, 6.45) is -6.70. The molecule has 9 N–H and O–H groups in total. The number of oxime groups is 1. The molecule has 0 radical (unpaired) electrons. The Bertz CT molecular complexity index is 3100. The summed E-state index contributed by atoms with van der Waals surface area (Å²) in [7, 11) is 1.00. The van der Waals surface area contributed by atoms with Gasteiger partial charge < -0.3 is 37.7 Å². The maximum absolute atomic E-state index is 12.4. The Morgan fingerprint density at radius 1 is 0.564 bits per heavy atom. The van der Waals surface area contributed by atoms with Crippen LogP contribution in [0.4, 0.5) is 77.7 Å². The zero-order valence-corrected chi connectivity index (χ0v) is 49.8. The SMILES string of the molecule is CC(=NO)c1cnc(Nc2ccc(C(F)(F)F)cc2)s1.CC(=O)c1cnc(Cl)s1.CC(=O)c1cnc(Nc2ccc(C(F)(F)F)cc2)s1.CO.Cc1ccc(Nc2ncc(C(C)N)s2)cc1.Nc1ccc(C(F)(F)F)cc1.[U]. The zero-order chi connectivity index (χ0) is 57.7. The summed E-state index contributed by atoms with van der Waals surface area (Å²) in [5, 5.41) is 29.5. The van der Waals surface area contributed by atoms with Gasteiger partial charge in [0.1, 0.15) is 0 Å². The molecule has 0 aliphatic rings. The number of halogens is 10. The normalized spacial score (nSPS) is 11.3. The predicted molar refractivity (Wildman–Crippen MR) is 288 cm³/mol. The number of carbonyl (C=O) groups is 2. The molecule has 0 spiro atoms. The van der Waals surface area contributed by atoms with Crippen molar-refractivity contribution in [3.8, 4) is 0 Å². The Morgan fingerprint density at radius 2 is 0.897 bits per heavy atom. The van der Waals surface area contributed by atoms with E-state index in [1.165, 1.54) is 97.1 Å². The molecular formula is C49H48ClF9N10O4S4U. The monoisotopic (exact) mass is 1410 g/mol. The van der Waals surface area contributed by atoms with Crippen LogP contribution < -0.4 is 27.4 Å². The minimum Gasteiger partial charge on any atom is -0.411 e. The van der Waals surface area contributed by atoms with Crippen molar-refractivity contribution in [3.63, 3.8) is 0 Å². The molecule has 0 aliphatic carbocycles. The molecule has 4 aromatic carbocycles. The zero-order valence-electron chi connectivity index (χ0n) is 41.6. The quantitative estimate of drug-likeness (QED) is 0.0169. The fourth-order valence-corrected chi connectivity index (χ4v) is 8.31. The van der Waals surface area contributed by atoms with E-state index in [4.69, 9.17) is 33.4 Å². The van der Waals surface area contributed by atoms with E-state index < -0.39 is 35.2 Å². The molecular weight excluding hydrogens is 1370 g/mol. The largest absolute Gasteiger partial charge is 0.416 e. The third-order valence-electron chi connectivity index (χ3n) is 9.13. The van der Waals surface area contributed by atoms with Crippen LogP contribution >= 0.6 is 56.9 Å². The third kappa shape index (κ3) is 24.0. The number of nitrogen functional groups attached to an aromatic ring is 1. The number of rotatable bonds is 10. The summed E-state index contributed by atoms with van der Waals surface area (Å²) in [6, 6.07) is 21.9.